The molecule has 6 heteroatoms. The number of carboxylic acids is 1. The first kappa shape index (κ1) is 23.5. The van der Waals surface area contributed by atoms with Crippen LogP contribution in [0.1, 0.15) is 54.2 Å². The van der Waals surface area contributed by atoms with E-state index in [1.54, 1.807) is 23.3 Å². The van der Waals surface area contributed by atoms with Crippen molar-refractivity contribution in [2.45, 2.75) is 51.1 Å². The summed E-state index contributed by atoms with van der Waals surface area (Å²) in [5.74, 6) is -0.0731. The van der Waals surface area contributed by atoms with Crippen LogP contribution in [0.5, 0.6) is 0 Å². The molecule has 1 aliphatic rings. The van der Waals surface area contributed by atoms with Crippen molar-refractivity contribution in [3.05, 3.63) is 70.0 Å². The standard InChI is InChI=1S/C27H33N3O2S/c1-29(18-27(31)32)17-26-28-25(19-33-26)23-12-14-24(15-13-23)30(2)16-20-8-10-22(11-9-20)21-6-4-3-5-7-21/h8-15,19,21H,3-7,16-18H2,1-2H3,(H,31,32). The second-order valence-corrected chi connectivity index (χ2v) is 10.1. The number of hydrogen-bond acceptors (Lipinski definition) is 5. The molecule has 1 fully saturated rings. The van der Waals surface area contributed by atoms with E-state index in [2.05, 4.69) is 65.5 Å². The topological polar surface area (TPSA) is 56.7 Å². The summed E-state index contributed by atoms with van der Waals surface area (Å²) in [4.78, 5) is 19.6. The van der Waals surface area contributed by atoms with Crippen LogP contribution in [-0.2, 0) is 17.9 Å². The maximum absolute atomic E-state index is 10.8. The number of likely N-dealkylation sites (N-methyl/N-ethyl adjacent to an activating group) is 1. The first-order valence-corrected chi connectivity index (χ1v) is 12.6. The minimum atomic E-state index is -0.825. The van der Waals surface area contributed by atoms with Crippen molar-refractivity contribution in [2.75, 3.05) is 25.5 Å². The van der Waals surface area contributed by atoms with Crippen LogP contribution < -0.4 is 4.90 Å². The highest BCUT2D eigenvalue weighted by Crippen LogP contribution is 2.33. The van der Waals surface area contributed by atoms with Crippen LogP contribution in [0, 0.1) is 0 Å². The number of aliphatic carboxylic acids is 1. The van der Waals surface area contributed by atoms with E-state index >= 15 is 0 Å². The smallest absolute Gasteiger partial charge is 0.317 e. The zero-order valence-corrected chi connectivity index (χ0v) is 20.4. The molecule has 0 radical (unpaired) electrons. The molecule has 0 saturated heterocycles. The van der Waals surface area contributed by atoms with Gasteiger partial charge in [0.05, 0.1) is 18.8 Å². The van der Waals surface area contributed by atoms with E-state index in [1.165, 1.54) is 48.9 Å². The molecule has 1 N–H and O–H groups in total. The van der Waals surface area contributed by atoms with E-state index in [0.717, 1.165) is 28.7 Å². The van der Waals surface area contributed by atoms with Crippen molar-refractivity contribution >= 4 is 23.0 Å². The van der Waals surface area contributed by atoms with E-state index in [9.17, 15) is 4.79 Å². The highest BCUT2D eigenvalue weighted by molar-refractivity contribution is 7.09. The lowest BCUT2D eigenvalue weighted by Crippen LogP contribution is -2.24. The largest absolute Gasteiger partial charge is 0.480 e. The molecule has 4 rings (SSSR count). The number of carbonyl (C=O) groups is 1. The van der Waals surface area contributed by atoms with Gasteiger partial charge in [0.15, 0.2) is 0 Å². The molecular weight excluding hydrogens is 430 g/mol. The fraction of sp³-hybridized carbons (Fsp3) is 0.407. The Morgan fingerprint density at radius 1 is 1.00 bits per heavy atom. The summed E-state index contributed by atoms with van der Waals surface area (Å²) in [6.07, 6.45) is 6.81. The van der Waals surface area contributed by atoms with Crippen LogP contribution in [-0.4, -0.2) is 41.6 Å². The number of aromatic nitrogens is 1. The Kier molecular flexibility index (Phi) is 7.78. The van der Waals surface area contributed by atoms with Crippen molar-refractivity contribution in [3.63, 3.8) is 0 Å². The number of rotatable bonds is 9. The minimum Gasteiger partial charge on any atom is -0.480 e. The number of nitrogens with zero attached hydrogens (tertiary/aromatic N) is 3. The van der Waals surface area contributed by atoms with Gasteiger partial charge in [0, 0.05) is 30.2 Å². The summed E-state index contributed by atoms with van der Waals surface area (Å²) in [6.45, 7) is 1.43. The average Bonchev–Trinajstić information content (AvgIpc) is 3.28. The van der Waals surface area contributed by atoms with Crippen LogP contribution in [0.4, 0.5) is 5.69 Å². The highest BCUT2D eigenvalue weighted by Gasteiger charge is 2.15. The van der Waals surface area contributed by atoms with Crippen LogP contribution in [0.15, 0.2) is 53.9 Å². The van der Waals surface area contributed by atoms with Crippen molar-refractivity contribution in [1.29, 1.82) is 0 Å². The lowest BCUT2D eigenvalue weighted by molar-refractivity contribution is -0.138. The summed E-state index contributed by atoms with van der Waals surface area (Å²) in [6, 6.07) is 17.7. The summed E-state index contributed by atoms with van der Waals surface area (Å²) in [5.41, 5.74) is 6.02. The molecule has 1 saturated carbocycles. The lowest BCUT2D eigenvalue weighted by atomic mass is 9.84. The molecule has 1 heterocycles. The minimum absolute atomic E-state index is 0.0131. The van der Waals surface area contributed by atoms with Gasteiger partial charge < -0.3 is 10.0 Å². The number of benzene rings is 2. The predicted molar refractivity (Wildman–Crippen MR) is 136 cm³/mol. The maximum atomic E-state index is 10.8. The van der Waals surface area contributed by atoms with Gasteiger partial charge in [0.2, 0.25) is 0 Å². The summed E-state index contributed by atoms with van der Waals surface area (Å²) in [5, 5.41) is 11.9. The number of thiazole rings is 1. The molecular formula is C27H33N3O2S. The predicted octanol–water partition coefficient (Wildman–Crippen LogP) is 6.01. The zero-order valence-electron chi connectivity index (χ0n) is 19.5. The molecule has 0 aliphatic heterocycles. The third kappa shape index (κ3) is 6.42. The molecule has 0 unspecified atom stereocenters. The Morgan fingerprint density at radius 2 is 1.70 bits per heavy atom. The molecule has 5 nitrogen and oxygen atoms in total. The van der Waals surface area contributed by atoms with Gasteiger partial charge in [-0.15, -0.1) is 11.3 Å². The number of hydrogen-bond donors (Lipinski definition) is 1. The maximum Gasteiger partial charge on any atom is 0.317 e. The van der Waals surface area contributed by atoms with E-state index in [0.29, 0.717) is 6.54 Å². The lowest BCUT2D eigenvalue weighted by Gasteiger charge is -2.23. The molecule has 1 aromatic heterocycles. The van der Waals surface area contributed by atoms with Crippen LogP contribution in [0.3, 0.4) is 0 Å². The number of carboxylic acid groups (broad SMARTS) is 1. The van der Waals surface area contributed by atoms with Gasteiger partial charge in [-0.3, -0.25) is 9.69 Å². The van der Waals surface area contributed by atoms with E-state index in [4.69, 9.17) is 5.11 Å². The molecule has 3 aromatic rings. The van der Waals surface area contributed by atoms with Crippen molar-refractivity contribution in [3.8, 4) is 11.3 Å². The van der Waals surface area contributed by atoms with Gasteiger partial charge in [0.1, 0.15) is 5.01 Å². The van der Waals surface area contributed by atoms with Crippen LogP contribution in [0.25, 0.3) is 11.3 Å². The van der Waals surface area contributed by atoms with Gasteiger partial charge >= 0.3 is 5.97 Å². The van der Waals surface area contributed by atoms with E-state index < -0.39 is 5.97 Å². The molecule has 0 amide bonds. The van der Waals surface area contributed by atoms with E-state index in [1.807, 2.05) is 5.38 Å². The third-order valence-electron chi connectivity index (χ3n) is 6.44. The van der Waals surface area contributed by atoms with E-state index in [-0.39, 0.29) is 6.54 Å². The summed E-state index contributed by atoms with van der Waals surface area (Å²) < 4.78 is 0. The van der Waals surface area contributed by atoms with Gasteiger partial charge in [-0.1, -0.05) is 55.7 Å². The van der Waals surface area contributed by atoms with Crippen molar-refractivity contribution in [2.24, 2.45) is 0 Å². The molecule has 0 bridgehead atoms. The van der Waals surface area contributed by atoms with Crippen LogP contribution in [0.2, 0.25) is 0 Å². The number of anilines is 1. The molecule has 0 spiro atoms. The molecule has 1 aliphatic carbocycles. The third-order valence-corrected chi connectivity index (χ3v) is 7.28. The molecule has 2 aromatic carbocycles. The second kappa shape index (κ2) is 10.9. The summed E-state index contributed by atoms with van der Waals surface area (Å²) in [7, 11) is 3.92. The Hall–Kier alpha value is -2.70. The SMILES string of the molecule is CN(CC(=O)O)Cc1nc(-c2ccc(N(C)Cc3ccc(C4CCCCC4)cc3)cc2)cs1. The Morgan fingerprint density at radius 3 is 2.36 bits per heavy atom. The highest BCUT2D eigenvalue weighted by atomic mass is 32.1. The molecule has 174 valence electrons. The van der Waals surface area contributed by atoms with Gasteiger partial charge in [-0.05, 0) is 49.1 Å². The monoisotopic (exact) mass is 463 g/mol. The first-order valence-electron chi connectivity index (χ1n) is 11.7. The van der Waals surface area contributed by atoms with Gasteiger partial charge in [0.25, 0.3) is 0 Å². The van der Waals surface area contributed by atoms with Gasteiger partial charge in [-0.25, -0.2) is 4.98 Å². The Balaban J connectivity index is 1.34. The zero-order chi connectivity index (χ0) is 23.2. The fourth-order valence-electron chi connectivity index (χ4n) is 4.62. The quantitative estimate of drug-likeness (QED) is 0.421. The first-order chi connectivity index (χ1) is 16.0. The Bertz CT molecular complexity index is 1040. The molecule has 0 atom stereocenters. The normalized spacial score (nSPS) is 14.5. The van der Waals surface area contributed by atoms with Crippen molar-refractivity contribution < 1.29 is 9.90 Å². The summed E-state index contributed by atoms with van der Waals surface area (Å²) >= 11 is 1.57. The van der Waals surface area contributed by atoms with Crippen molar-refractivity contribution in [1.82, 2.24) is 9.88 Å². The second-order valence-electron chi connectivity index (χ2n) is 9.17. The Labute approximate surface area is 200 Å². The van der Waals surface area contributed by atoms with Crippen LogP contribution >= 0.6 is 11.3 Å². The molecule has 33 heavy (non-hydrogen) atoms. The fourth-order valence-corrected chi connectivity index (χ4v) is 5.50. The van der Waals surface area contributed by atoms with Gasteiger partial charge in [-0.2, -0.15) is 0 Å². The average molecular weight is 464 g/mol.